The van der Waals surface area contributed by atoms with Crippen LogP contribution in [-0.4, -0.2) is 28.6 Å². The summed E-state index contributed by atoms with van der Waals surface area (Å²) in [6.45, 7) is -0.531. The number of alkyl halides is 3. The fourth-order valence-electron chi connectivity index (χ4n) is 1.77. The first-order valence-corrected chi connectivity index (χ1v) is 5.40. The first-order valence-electron chi connectivity index (χ1n) is 5.40. The summed E-state index contributed by atoms with van der Waals surface area (Å²) in [5, 5.41) is 9.63. The van der Waals surface area contributed by atoms with E-state index in [2.05, 4.69) is 4.74 Å². The lowest BCUT2D eigenvalue weighted by molar-refractivity contribution is -0.325. The summed E-state index contributed by atoms with van der Waals surface area (Å²) in [7, 11) is 0. The van der Waals surface area contributed by atoms with Crippen molar-refractivity contribution in [3.05, 3.63) is 36.0 Å². The summed E-state index contributed by atoms with van der Waals surface area (Å²) in [5.74, 6) is -1.08. The van der Waals surface area contributed by atoms with E-state index < -0.39 is 18.9 Å². The van der Waals surface area contributed by atoms with Crippen LogP contribution in [0.5, 0.6) is 0 Å². The molecule has 102 valence electrons. The number of carbonyl (C=O) groups is 1. The summed E-state index contributed by atoms with van der Waals surface area (Å²) in [6.07, 6.45) is -3.06. The molecule has 0 unspecified atom stereocenters. The highest BCUT2D eigenvalue weighted by atomic mass is 19.4. The molecular weight excluding hydrogens is 263 g/mol. The lowest BCUT2D eigenvalue weighted by Gasteiger charge is -2.09. The molecule has 0 spiro atoms. The Kier molecular flexibility index (Phi) is 3.48. The Morgan fingerprint density at radius 2 is 2.05 bits per heavy atom. The van der Waals surface area contributed by atoms with Crippen LogP contribution in [0.25, 0.3) is 10.9 Å². The van der Waals surface area contributed by atoms with Gasteiger partial charge in [0.25, 0.3) is 0 Å². The third-order valence-corrected chi connectivity index (χ3v) is 2.62. The number of ether oxygens (including phenoxy) is 1. The Hall–Kier alpha value is -2.02. The van der Waals surface area contributed by atoms with Crippen molar-refractivity contribution in [2.24, 2.45) is 0 Å². The minimum atomic E-state index is -4.66. The Morgan fingerprint density at radius 1 is 1.32 bits per heavy atom. The van der Waals surface area contributed by atoms with Crippen molar-refractivity contribution >= 4 is 16.9 Å². The molecule has 1 aromatic carbocycles. The molecule has 0 aliphatic carbocycles. The molecule has 1 heterocycles. The third-order valence-electron chi connectivity index (χ3n) is 2.62. The van der Waals surface area contributed by atoms with Crippen LogP contribution in [0.15, 0.2) is 30.5 Å². The first kappa shape index (κ1) is 13.4. The molecule has 7 heteroatoms. The largest absolute Gasteiger partial charge is 0.522 e. The van der Waals surface area contributed by atoms with Gasteiger partial charge in [-0.2, -0.15) is 0 Å². The van der Waals surface area contributed by atoms with Crippen molar-refractivity contribution in [1.29, 1.82) is 0 Å². The fraction of sp³-hybridized carbons (Fsp3) is 0.250. The van der Waals surface area contributed by atoms with Crippen LogP contribution in [0, 0.1) is 0 Å². The molecule has 19 heavy (non-hydrogen) atoms. The van der Waals surface area contributed by atoms with Gasteiger partial charge in [0, 0.05) is 18.3 Å². The maximum atomic E-state index is 11.9. The average Bonchev–Trinajstić information content (AvgIpc) is 2.70. The highest BCUT2D eigenvalue weighted by molar-refractivity contribution is 5.93. The highest BCUT2D eigenvalue weighted by Gasteiger charge is 2.28. The minimum absolute atomic E-state index is 0.00785. The molecule has 1 aromatic heterocycles. The van der Waals surface area contributed by atoms with Gasteiger partial charge in [-0.3, -0.25) is 4.74 Å². The standard InChI is InChI=1S/C12H10F3NO3/c13-12(14,15)19-6-5-16-4-3-8-1-2-9(11(17)18)7-10(8)16/h1-4,7H,5-6H2,(H,17,18). The van der Waals surface area contributed by atoms with Crippen molar-refractivity contribution in [2.75, 3.05) is 6.61 Å². The Labute approximate surface area is 106 Å². The number of carboxylic acid groups (broad SMARTS) is 1. The van der Waals surface area contributed by atoms with E-state index in [4.69, 9.17) is 5.11 Å². The van der Waals surface area contributed by atoms with Crippen LogP contribution in [0.2, 0.25) is 0 Å². The molecule has 0 fully saturated rings. The number of benzene rings is 1. The zero-order valence-electron chi connectivity index (χ0n) is 9.65. The minimum Gasteiger partial charge on any atom is -0.478 e. The summed E-state index contributed by atoms with van der Waals surface area (Å²) in [6, 6.07) is 6.18. The molecule has 1 N–H and O–H groups in total. The van der Waals surface area contributed by atoms with E-state index in [1.165, 1.54) is 16.7 Å². The van der Waals surface area contributed by atoms with E-state index >= 15 is 0 Å². The topological polar surface area (TPSA) is 51.5 Å². The molecule has 0 saturated carbocycles. The van der Waals surface area contributed by atoms with Gasteiger partial charge in [-0.05, 0) is 23.6 Å². The van der Waals surface area contributed by atoms with Crippen LogP contribution in [-0.2, 0) is 11.3 Å². The SMILES string of the molecule is O=C(O)c1ccc2ccn(CCOC(F)(F)F)c2c1. The Balaban J connectivity index is 2.19. The summed E-state index contributed by atoms with van der Waals surface area (Å²) < 4.78 is 40.8. The van der Waals surface area contributed by atoms with Gasteiger partial charge in [0.2, 0.25) is 0 Å². The van der Waals surface area contributed by atoms with Crippen molar-refractivity contribution in [1.82, 2.24) is 4.57 Å². The van der Waals surface area contributed by atoms with E-state index in [1.54, 1.807) is 18.3 Å². The first-order chi connectivity index (χ1) is 8.87. The van der Waals surface area contributed by atoms with Crippen molar-refractivity contribution < 1.29 is 27.8 Å². The van der Waals surface area contributed by atoms with Crippen molar-refractivity contribution in [3.63, 3.8) is 0 Å². The predicted molar refractivity (Wildman–Crippen MR) is 60.9 cm³/mol. The average molecular weight is 273 g/mol. The van der Waals surface area contributed by atoms with E-state index in [1.807, 2.05) is 0 Å². The second-order valence-electron chi connectivity index (χ2n) is 3.88. The van der Waals surface area contributed by atoms with Gasteiger partial charge in [0.1, 0.15) is 0 Å². The van der Waals surface area contributed by atoms with E-state index in [0.29, 0.717) is 5.52 Å². The number of aromatic nitrogens is 1. The monoisotopic (exact) mass is 273 g/mol. The molecule has 0 amide bonds. The lowest BCUT2D eigenvalue weighted by Crippen LogP contribution is -2.17. The van der Waals surface area contributed by atoms with Gasteiger partial charge in [-0.15, -0.1) is 13.2 Å². The Bertz CT molecular complexity index is 604. The summed E-state index contributed by atoms with van der Waals surface area (Å²) in [5.41, 5.74) is 0.648. The lowest BCUT2D eigenvalue weighted by atomic mass is 10.2. The number of hydrogen-bond acceptors (Lipinski definition) is 2. The number of carboxylic acids is 1. The van der Waals surface area contributed by atoms with Crippen LogP contribution < -0.4 is 0 Å². The molecule has 0 saturated heterocycles. The number of halogens is 3. The predicted octanol–water partition coefficient (Wildman–Crippen LogP) is 2.88. The maximum Gasteiger partial charge on any atom is 0.522 e. The number of fused-ring (bicyclic) bond motifs is 1. The number of nitrogens with zero attached hydrogens (tertiary/aromatic N) is 1. The van der Waals surface area contributed by atoms with Crippen molar-refractivity contribution in [2.45, 2.75) is 12.9 Å². The van der Waals surface area contributed by atoms with E-state index in [-0.39, 0.29) is 12.1 Å². The van der Waals surface area contributed by atoms with Gasteiger partial charge < -0.3 is 9.67 Å². The third kappa shape index (κ3) is 3.25. The second kappa shape index (κ2) is 4.93. The molecule has 0 bridgehead atoms. The quantitative estimate of drug-likeness (QED) is 0.931. The molecule has 0 aliphatic heterocycles. The zero-order chi connectivity index (χ0) is 14.0. The van der Waals surface area contributed by atoms with Gasteiger partial charge in [0.05, 0.1) is 12.2 Å². The molecule has 2 aromatic rings. The molecule has 0 aliphatic rings. The normalized spacial score (nSPS) is 11.9. The van der Waals surface area contributed by atoms with Gasteiger partial charge >= 0.3 is 12.3 Å². The van der Waals surface area contributed by atoms with Gasteiger partial charge in [-0.25, -0.2) is 4.79 Å². The molecule has 0 radical (unpaired) electrons. The van der Waals surface area contributed by atoms with Gasteiger partial charge in [0.15, 0.2) is 0 Å². The van der Waals surface area contributed by atoms with E-state index in [0.717, 1.165) is 5.39 Å². The van der Waals surface area contributed by atoms with Crippen LogP contribution in [0.3, 0.4) is 0 Å². The van der Waals surface area contributed by atoms with E-state index in [9.17, 15) is 18.0 Å². The highest BCUT2D eigenvalue weighted by Crippen LogP contribution is 2.19. The number of aromatic carboxylic acids is 1. The molecular formula is C12H10F3NO3. The van der Waals surface area contributed by atoms with Gasteiger partial charge in [-0.1, -0.05) is 6.07 Å². The maximum absolute atomic E-state index is 11.9. The zero-order valence-corrected chi connectivity index (χ0v) is 9.65. The fourth-order valence-corrected chi connectivity index (χ4v) is 1.77. The summed E-state index contributed by atoms with van der Waals surface area (Å²) in [4.78, 5) is 10.8. The number of hydrogen-bond donors (Lipinski definition) is 1. The van der Waals surface area contributed by atoms with Crippen LogP contribution >= 0.6 is 0 Å². The van der Waals surface area contributed by atoms with Crippen LogP contribution in [0.1, 0.15) is 10.4 Å². The molecule has 4 nitrogen and oxygen atoms in total. The second-order valence-corrected chi connectivity index (χ2v) is 3.88. The number of rotatable bonds is 4. The molecule has 0 atom stereocenters. The van der Waals surface area contributed by atoms with Crippen LogP contribution in [0.4, 0.5) is 13.2 Å². The van der Waals surface area contributed by atoms with Crippen molar-refractivity contribution in [3.8, 4) is 0 Å². The smallest absolute Gasteiger partial charge is 0.478 e. The molecule has 2 rings (SSSR count). The summed E-state index contributed by atoms with van der Waals surface area (Å²) >= 11 is 0. The Morgan fingerprint density at radius 3 is 2.68 bits per heavy atom.